The van der Waals surface area contributed by atoms with Crippen LogP contribution in [0.15, 0.2) is 65.6 Å². The van der Waals surface area contributed by atoms with Crippen LogP contribution in [0.1, 0.15) is 10.4 Å². The molecule has 0 unspecified atom stereocenters. The number of nitrogens with zero attached hydrogens (tertiary/aromatic N) is 3. The van der Waals surface area contributed by atoms with Gasteiger partial charge in [0.05, 0.1) is 16.3 Å². The van der Waals surface area contributed by atoms with E-state index < -0.39 is 0 Å². The van der Waals surface area contributed by atoms with Crippen molar-refractivity contribution in [1.29, 1.82) is 0 Å². The van der Waals surface area contributed by atoms with Gasteiger partial charge < -0.3 is 0 Å². The van der Waals surface area contributed by atoms with Crippen LogP contribution < -0.4 is 5.32 Å². The highest BCUT2D eigenvalue weighted by Crippen LogP contribution is 2.28. The third-order valence-electron chi connectivity index (χ3n) is 3.40. The van der Waals surface area contributed by atoms with Gasteiger partial charge in [-0.2, -0.15) is 5.10 Å². The van der Waals surface area contributed by atoms with Gasteiger partial charge in [0, 0.05) is 23.3 Å². The van der Waals surface area contributed by atoms with E-state index in [1.165, 1.54) is 11.3 Å². The zero-order valence-electron chi connectivity index (χ0n) is 12.4. The van der Waals surface area contributed by atoms with Crippen LogP contribution in [0.25, 0.3) is 16.3 Å². The van der Waals surface area contributed by atoms with Gasteiger partial charge in [-0.25, -0.2) is 9.67 Å². The molecule has 3 heterocycles. The van der Waals surface area contributed by atoms with E-state index in [2.05, 4.69) is 15.4 Å². The Morgan fingerprint density at radius 3 is 2.67 bits per heavy atom. The number of carbonyl (C=O) groups excluding carboxylic acids is 1. The van der Waals surface area contributed by atoms with E-state index in [0.717, 1.165) is 16.3 Å². The standard InChI is InChI=1S/C17H12N4OS2/c22-16(12-4-6-13(7-5-12)21-9-2-8-18-21)20-17-19-14(11-24-17)15-3-1-10-23-15/h1-11H,(H,19,20,22). The first kappa shape index (κ1) is 14.8. The molecule has 5 nitrogen and oxygen atoms in total. The molecular formula is C17H12N4OS2. The van der Waals surface area contributed by atoms with Gasteiger partial charge in [0.2, 0.25) is 0 Å². The summed E-state index contributed by atoms with van der Waals surface area (Å²) in [5.74, 6) is -0.172. The number of amides is 1. The largest absolute Gasteiger partial charge is 0.298 e. The lowest BCUT2D eigenvalue weighted by Crippen LogP contribution is -2.11. The molecule has 0 aliphatic rings. The van der Waals surface area contributed by atoms with Gasteiger partial charge in [0.15, 0.2) is 5.13 Å². The number of thiazole rings is 1. The molecule has 0 atom stereocenters. The van der Waals surface area contributed by atoms with Crippen LogP contribution in [0.3, 0.4) is 0 Å². The van der Waals surface area contributed by atoms with Crippen molar-refractivity contribution >= 4 is 33.7 Å². The lowest BCUT2D eigenvalue weighted by molar-refractivity contribution is 0.102. The summed E-state index contributed by atoms with van der Waals surface area (Å²) in [5.41, 5.74) is 2.38. The first-order chi connectivity index (χ1) is 11.8. The maximum Gasteiger partial charge on any atom is 0.257 e. The van der Waals surface area contributed by atoms with Gasteiger partial charge in [0.25, 0.3) is 5.91 Å². The quantitative estimate of drug-likeness (QED) is 0.595. The smallest absolute Gasteiger partial charge is 0.257 e. The molecule has 0 bridgehead atoms. The second kappa shape index (κ2) is 6.38. The number of nitrogens with one attached hydrogen (secondary N) is 1. The first-order valence-electron chi connectivity index (χ1n) is 7.20. The van der Waals surface area contributed by atoms with Crippen molar-refractivity contribution < 1.29 is 4.79 Å². The average molecular weight is 352 g/mol. The Morgan fingerprint density at radius 1 is 1.08 bits per heavy atom. The topological polar surface area (TPSA) is 59.8 Å². The highest BCUT2D eigenvalue weighted by molar-refractivity contribution is 7.16. The fourth-order valence-electron chi connectivity index (χ4n) is 2.23. The van der Waals surface area contributed by atoms with Crippen LogP contribution in [-0.4, -0.2) is 20.7 Å². The molecule has 4 aromatic rings. The fourth-order valence-corrected chi connectivity index (χ4v) is 3.69. The molecule has 3 aromatic heterocycles. The van der Waals surface area contributed by atoms with E-state index in [0.29, 0.717) is 10.7 Å². The number of benzene rings is 1. The van der Waals surface area contributed by atoms with Crippen molar-refractivity contribution in [2.24, 2.45) is 0 Å². The molecular weight excluding hydrogens is 340 g/mol. The van der Waals surface area contributed by atoms with Crippen LogP contribution in [0.5, 0.6) is 0 Å². The molecule has 1 amide bonds. The molecule has 0 fully saturated rings. The van der Waals surface area contributed by atoms with E-state index in [4.69, 9.17) is 0 Å². The summed E-state index contributed by atoms with van der Waals surface area (Å²) in [6.07, 6.45) is 3.57. The van der Waals surface area contributed by atoms with Crippen molar-refractivity contribution in [2.75, 3.05) is 5.32 Å². The van der Waals surface area contributed by atoms with Gasteiger partial charge in [0.1, 0.15) is 0 Å². The minimum absolute atomic E-state index is 0.172. The van der Waals surface area contributed by atoms with Gasteiger partial charge in [-0.3, -0.25) is 10.1 Å². The van der Waals surface area contributed by atoms with Crippen LogP contribution in [0.4, 0.5) is 5.13 Å². The Hall–Kier alpha value is -2.77. The normalized spacial score (nSPS) is 10.7. The van der Waals surface area contributed by atoms with Gasteiger partial charge >= 0.3 is 0 Å². The molecule has 0 saturated heterocycles. The molecule has 0 spiro atoms. The number of carbonyl (C=O) groups is 1. The van der Waals surface area contributed by atoms with E-state index in [9.17, 15) is 4.79 Å². The Labute approximate surface area is 146 Å². The Bertz CT molecular complexity index is 941. The number of hydrogen-bond donors (Lipinski definition) is 1. The minimum Gasteiger partial charge on any atom is -0.298 e. The maximum absolute atomic E-state index is 12.3. The average Bonchev–Trinajstić information content (AvgIpc) is 3.36. The number of thiophene rings is 1. The second-order valence-corrected chi connectivity index (χ2v) is 6.77. The third kappa shape index (κ3) is 2.99. The molecule has 0 aliphatic carbocycles. The summed E-state index contributed by atoms with van der Waals surface area (Å²) in [7, 11) is 0. The SMILES string of the molecule is O=C(Nc1nc(-c2cccs2)cs1)c1ccc(-n2cccn2)cc1. The Morgan fingerprint density at radius 2 is 1.96 bits per heavy atom. The highest BCUT2D eigenvalue weighted by atomic mass is 32.1. The first-order valence-corrected chi connectivity index (χ1v) is 8.96. The van der Waals surface area contributed by atoms with Crippen LogP contribution in [-0.2, 0) is 0 Å². The molecule has 0 saturated carbocycles. The fraction of sp³-hybridized carbons (Fsp3) is 0. The maximum atomic E-state index is 12.3. The zero-order chi connectivity index (χ0) is 16.4. The van der Waals surface area contributed by atoms with Crippen LogP contribution in [0, 0.1) is 0 Å². The molecule has 0 radical (unpaired) electrons. The molecule has 1 N–H and O–H groups in total. The van der Waals surface area contributed by atoms with Crippen LogP contribution >= 0.6 is 22.7 Å². The van der Waals surface area contributed by atoms with Crippen LogP contribution in [0.2, 0.25) is 0 Å². The molecule has 1 aromatic carbocycles. The molecule has 7 heteroatoms. The Kier molecular flexibility index (Phi) is 3.94. The van der Waals surface area contributed by atoms with E-state index in [1.807, 2.05) is 47.3 Å². The highest BCUT2D eigenvalue weighted by Gasteiger charge is 2.10. The summed E-state index contributed by atoms with van der Waals surface area (Å²) >= 11 is 3.05. The Balaban J connectivity index is 1.48. The predicted octanol–water partition coefficient (Wildman–Crippen LogP) is 4.31. The number of rotatable bonds is 4. The van der Waals surface area contributed by atoms with Gasteiger partial charge in [-0.15, -0.1) is 22.7 Å². The van der Waals surface area contributed by atoms with E-state index in [-0.39, 0.29) is 5.91 Å². The van der Waals surface area contributed by atoms with Crippen molar-refractivity contribution in [3.8, 4) is 16.3 Å². The number of aromatic nitrogens is 3. The van der Waals surface area contributed by atoms with Crippen molar-refractivity contribution in [3.63, 3.8) is 0 Å². The zero-order valence-corrected chi connectivity index (χ0v) is 14.1. The summed E-state index contributed by atoms with van der Waals surface area (Å²) in [4.78, 5) is 17.9. The summed E-state index contributed by atoms with van der Waals surface area (Å²) in [6.45, 7) is 0. The molecule has 0 aliphatic heterocycles. The third-order valence-corrected chi connectivity index (χ3v) is 5.05. The van der Waals surface area contributed by atoms with Gasteiger partial charge in [-0.05, 0) is 41.8 Å². The monoisotopic (exact) mass is 352 g/mol. The molecule has 4 rings (SSSR count). The minimum atomic E-state index is -0.172. The van der Waals surface area contributed by atoms with E-state index in [1.54, 1.807) is 34.3 Å². The summed E-state index contributed by atoms with van der Waals surface area (Å²) in [6, 6.07) is 13.1. The predicted molar refractivity (Wildman–Crippen MR) is 96.9 cm³/mol. The molecule has 24 heavy (non-hydrogen) atoms. The number of hydrogen-bond acceptors (Lipinski definition) is 5. The van der Waals surface area contributed by atoms with Gasteiger partial charge in [-0.1, -0.05) is 6.07 Å². The second-order valence-electron chi connectivity index (χ2n) is 4.97. The van der Waals surface area contributed by atoms with Crippen molar-refractivity contribution in [2.45, 2.75) is 0 Å². The van der Waals surface area contributed by atoms with Crippen molar-refractivity contribution in [3.05, 3.63) is 71.2 Å². The summed E-state index contributed by atoms with van der Waals surface area (Å²) < 4.78 is 1.75. The van der Waals surface area contributed by atoms with E-state index >= 15 is 0 Å². The number of anilines is 1. The molecule has 118 valence electrons. The lowest BCUT2D eigenvalue weighted by Gasteiger charge is -2.04. The van der Waals surface area contributed by atoms with Crippen molar-refractivity contribution in [1.82, 2.24) is 14.8 Å². The summed E-state index contributed by atoms with van der Waals surface area (Å²) in [5, 5.41) is 11.6. The lowest BCUT2D eigenvalue weighted by atomic mass is 10.2.